The number of hydrogen-bond donors (Lipinski definition) is 1. The number of nitrogens with zero attached hydrogens (tertiary/aromatic N) is 1. The maximum atomic E-state index is 13.9. The Morgan fingerprint density at radius 3 is 2.66 bits per heavy atom. The number of rotatable bonds is 11. The van der Waals surface area contributed by atoms with Crippen molar-refractivity contribution in [3.8, 4) is 23.0 Å². The summed E-state index contributed by atoms with van der Waals surface area (Å²) >= 11 is 0. The third-order valence-electron chi connectivity index (χ3n) is 5.45. The van der Waals surface area contributed by atoms with Crippen LogP contribution in [0.5, 0.6) is 11.5 Å². The van der Waals surface area contributed by atoms with Crippen LogP contribution in [0.2, 0.25) is 0 Å². The monoisotopic (exact) mass is 475 g/mol. The van der Waals surface area contributed by atoms with Crippen LogP contribution in [0.4, 0.5) is 4.39 Å². The minimum atomic E-state index is -0.885. The van der Waals surface area contributed by atoms with Crippen LogP contribution < -0.4 is 9.47 Å². The Morgan fingerprint density at radius 1 is 1.00 bits per heavy atom. The minimum Gasteiger partial charge on any atom is -0.493 e. The first-order valence-corrected chi connectivity index (χ1v) is 11.3. The Morgan fingerprint density at radius 2 is 1.86 bits per heavy atom. The van der Waals surface area contributed by atoms with Gasteiger partial charge in [-0.1, -0.05) is 35.9 Å². The second kappa shape index (κ2) is 11.3. The predicted molar refractivity (Wildman–Crippen MR) is 129 cm³/mol. The maximum Gasteiger partial charge on any atom is 0.303 e. The quantitative estimate of drug-likeness (QED) is 0.286. The summed E-state index contributed by atoms with van der Waals surface area (Å²) in [5.41, 5.74) is 4.40. The van der Waals surface area contributed by atoms with Crippen molar-refractivity contribution in [2.75, 3.05) is 6.61 Å². The normalized spacial score (nSPS) is 10.8. The van der Waals surface area contributed by atoms with Crippen LogP contribution in [0.25, 0.3) is 11.5 Å². The van der Waals surface area contributed by atoms with Gasteiger partial charge in [-0.3, -0.25) is 4.79 Å². The standard InChI is InChI=1S/C28H26FNO5/c1-19-5-4-6-21(15-19)28-30-23(18-35-28)13-14-33-24-11-9-20(10-12-27(31)32)22(16-24)17-34-26-8-3-2-7-25(26)29/h2-9,11,15-16,18H,10,12-14,17H2,1H3,(H,31,32). The number of hydrogen-bond acceptors (Lipinski definition) is 5. The zero-order chi connectivity index (χ0) is 24.6. The summed E-state index contributed by atoms with van der Waals surface area (Å²) in [4.78, 5) is 15.6. The molecule has 6 nitrogen and oxygen atoms in total. The molecule has 3 aromatic carbocycles. The number of halogens is 1. The van der Waals surface area contributed by atoms with Crippen molar-refractivity contribution in [1.82, 2.24) is 4.98 Å². The second-order valence-electron chi connectivity index (χ2n) is 8.16. The van der Waals surface area contributed by atoms with E-state index in [0.29, 0.717) is 31.1 Å². The van der Waals surface area contributed by atoms with Crippen molar-refractivity contribution in [1.29, 1.82) is 0 Å². The SMILES string of the molecule is Cc1cccc(-c2nc(CCOc3ccc(CCC(=O)O)c(COc4ccccc4F)c3)co2)c1. The van der Waals surface area contributed by atoms with Gasteiger partial charge in [0, 0.05) is 18.4 Å². The van der Waals surface area contributed by atoms with E-state index in [1.54, 1.807) is 36.6 Å². The molecule has 1 N–H and O–H groups in total. The number of aromatic nitrogens is 1. The molecule has 0 atom stereocenters. The van der Waals surface area contributed by atoms with E-state index in [4.69, 9.17) is 19.0 Å². The number of benzene rings is 3. The van der Waals surface area contributed by atoms with Gasteiger partial charge in [0.2, 0.25) is 5.89 Å². The van der Waals surface area contributed by atoms with E-state index >= 15 is 0 Å². The van der Waals surface area contributed by atoms with Crippen molar-refractivity contribution in [3.05, 3.63) is 101 Å². The van der Waals surface area contributed by atoms with Crippen molar-refractivity contribution < 1.29 is 28.2 Å². The van der Waals surface area contributed by atoms with Crippen molar-refractivity contribution in [2.24, 2.45) is 0 Å². The largest absolute Gasteiger partial charge is 0.493 e. The van der Waals surface area contributed by atoms with E-state index in [0.717, 1.165) is 27.9 Å². The first-order valence-electron chi connectivity index (χ1n) is 11.3. The van der Waals surface area contributed by atoms with Crippen molar-refractivity contribution in [2.45, 2.75) is 32.8 Å². The summed E-state index contributed by atoms with van der Waals surface area (Å²) in [6.45, 7) is 2.49. The van der Waals surface area contributed by atoms with Crippen LogP contribution in [0.3, 0.4) is 0 Å². The molecule has 0 aliphatic rings. The molecule has 0 fully saturated rings. The van der Waals surface area contributed by atoms with E-state index in [2.05, 4.69) is 4.98 Å². The molecular formula is C28H26FNO5. The van der Waals surface area contributed by atoms with E-state index in [1.807, 2.05) is 37.3 Å². The van der Waals surface area contributed by atoms with E-state index in [9.17, 15) is 9.18 Å². The molecule has 0 spiro atoms. The van der Waals surface area contributed by atoms with Crippen LogP contribution in [-0.2, 0) is 24.2 Å². The van der Waals surface area contributed by atoms with Gasteiger partial charge < -0.3 is 19.0 Å². The molecule has 0 bridgehead atoms. The average Bonchev–Trinajstić information content (AvgIpc) is 3.32. The van der Waals surface area contributed by atoms with Gasteiger partial charge in [-0.05, 0) is 60.9 Å². The summed E-state index contributed by atoms with van der Waals surface area (Å²) < 4.78 is 31.1. The van der Waals surface area contributed by atoms with E-state index < -0.39 is 11.8 Å². The van der Waals surface area contributed by atoms with Crippen LogP contribution in [0.1, 0.15) is 28.8 Å². The number of aryl methyl sites for hydroxylation is 2. The highest BCUT2D eigenvalue weighted by Gasteiger charge is 2.11. The molecule has 1 aromatic heterocycles. The van der Waals surface area contributed by atoms with Crippen LogP contribution >= 0.6 is 0 Å². The Balaban J connectivity index is 1.40. The lowest BCUT2D eigenvalue weighted by atomic mass is 10.0. The summed E-state index contributed by atoms with van der Waals surface area (Å²) in [6.07, 6.45) is 2.51. The number of carbonyl (C=O) groups is 1. The van der Waals surface area contributed by atoms with Gasteiger partial charge in [0.25, 0.3) is 0 Å². The zero-order valence-corrected chi connectivity index (χ0v) is 19.4. The molecule has 0 aliphatic carbocycles. The molecule has 35 heavy (non-hydrogen) atoms. The van der Waals surface area contributed by atoms with E-state index in [1.165, 1.54) is 6.07 Å². The first-order chi connectivity index (χ1) is 17.0. The summed E-state index contributed by atoms with van der Waals surface area (Å²) in [6, 6.07) is 19.5. The number of ether oxygens (including phenoxy) is 2. The van der Waals surface area contributed by atoms with Gasteiger partial charge >= 0.3 is 5.97 Å². The average molecular weight is 476 g/mol. The fraction of sp³-hybridized carbons (Fsp3) is 0.214. The van der Waals surface area contributed by atoms with Crippen LogP contribution in [0, 0.1) is 12.7 Å². The van der Waals surface area contributed by atoms with Gasteiger partial charge in [0.15, 0.2) is 11.6 Å². The lowest BCUT2D eigenvalue weighted by Gasteiger charge is -2.14. The number of carboxylic acids is 1. The van der Waals surface area contributed by atoms with Gasteiger partial charge in [-0.2, -0.15) is 0 Å². The minimum absolute atomic E-state index is 0.0116. The number of oxazole rings is 1. The molecule has 7 heteroatoms. The molecule has 180 valence electrons. The Kier molecular flexibility index (Phi) is 7.77. The maximum absolute atomic E-state index is 13.9. The third kappa shape index (κ3) is 6.69. The highest BCUT2D eigenvalue weighted by atomic mass is 19.1. The molecule has 4 aromatic rings. The molecule has 4 rings (SSSR count). The molecule has 1 heterocycles. The molecule has 0 unspecified atom stereocenters. The second-order valence-corrected chi connectivity index (χ2v) is 8.16. The number of para-hydroxylation sites is 1. The predicted octanol–water partition coefficient (Wildman–Crippen LogP) is 6.01. The van der Waals surface area contributed by atoms with Crippen molar-refractivity contribution in [3.63, 3.8) is 0 Å². The molecule has 0 aliphatic heterocycles. The van der Waals surface area contributed by atoms with Gasteiger partial charge in [0.1, 0.15) is 18.6 Å². The lowest BCUT2D eigenvalue weighted by molar-refractivity contribution is -0.136. The summed E-state index contributed by atoms with van der Waals surface area (Å²) in [7, 11) is 0. The molecule has 0 amide bonds. The summed E-state index contributed by atoms with van der Waals surface area (Å²) in [5, 5.41) is 9.06. The molecule has 0 saturated carbocycles. The Hall–Kier alpha value is -4.13. The fourth-order valence-electron chi connectivity index (χ4n) is 3.64. The lowest BCUT2D eigenvalue weighted by Crippen LogP contribution is -2.06. The summed E-state index contributed by atoms with van der Waals surface area (Å²) in [5.74, 6) is -0.0234. The number of carboxylic acid groups (broad SMARTS) is 1. The molecular weight excluding hydrogens is 449 g/mol. The highest BCUT2D eigenvalue weighted by molar-refractivity contribution is 5.67. The molecule has 0 saturated heterocycles. The van der Waals surface area contributed by atoms with E-state index in [-0.39, 0.29) is 18.8 Å². The third-order valence-corrected chi connectivity index (χ3v) is 5.45. The van der Waals surface area contributed by atoms with Crippen LogP contribution in [0.15, 0.2) is 77.4 Å². The zero-order valence-electron chi connectivity index (χ0n) is 19.4. The first kappa shape index (κ1) is 24.0. The van der Waals surface area contributed by atoms with Gasteiger partial charge in [-0.15, -0.1) is 0 Å². The number of aliphatic carboxylic acids is 1. The molecule has 0 radical (unpaired) electrons. The highest BCUT2D eigenvalue weighted by Crippen LogP contribution is 2.24. The Bertz CT molecular complexity index is 1300. The van der Waals surface area contributed by atoms with Gasteiger partial charge in [0.05, 0.1) is 12.3 Å². The topological polar surface area (TPSA) is 81.8 Å². The van der Waals surface area contributed by atoms with Gasteiger partial charge in [-0.25, -0.2) is 9.37 Å². The van der Waals surface area contributed by atoms with Crippen LogP contribution in [-0.4, -0.2) is 22.7 Å². The fourth-order valence-corrected chi connectivity index (χ4v) is 3.64. The smallest absolute Gasteiger partial charge is 0.303 e. The van der Waals surface area contributed by atoms with Crippen molar-refractivity contribution >= 4 is 5.97 Å². The Labute approximate surface area is 203 Å².